The SMILES string of the molecule is COc1ccc(CNC(=O)CN(Cc2ccccc2C)S(=O)(=O)c2ccc(C)cc2)cc1. The number of carbonyl (C=O) groups excluding carboxylic acids is 1. The standard InChI is InChI=1S/C25H28N2O4S/c1-19-8-14-24(15-9-19)32(29,30)27(17-22-7-5-4-6-20(22)2)18-25(28)26-16-21-10-12-23(31-3)13-11-21/h4-15H,16-18H2,1-3H3,(H,26,28). The molecule has 0 bridgehead atoms. The van der Waals surface area contributed by atoms with Crippen molar-refractivity contribution in [1.29, 1.82) is 0 Å². The van der Waals surface area contributed by atoms with Gasteiger partial charge in [0.05, 0.1) is 18.6 Å². The van der Waals surface area contributed by atoms with Crippen molar-refractivity contribution < 1.29 is 17.9 Å². The maximum absolute atomic E-state index is 13.4. The first-order valence-corrected chi connectivity index (χ1v) is 11.7. The third kappa shape index (κ3) is 5.96. The van der Waals surface area contributed by atoms with Crippen LogP contribution >= 0.6 is 0 Å². The van der Waals surface area contributed by atoms with Crippen LogP contribution in [0.4, 0.5) is 0 Å². The van der Waals surface area contributed by atoms with Crippen molar-refractivity contribution in [2.75, 3.05) is 13.7 Å². The molecule has 0 aliphatic heterocycles. The van der Waals surface area contributed by atoms with Crippen LogP contribution in [0.25, 0.3) is 0 Å². The molecule has 3 aromatic rings. The minimum Gasteiger partial charge on any atom is -0.497 e. The van der Waals surface area contributed by atoms with Gasteiger partial charge in [-0.25, -0.2) is 8.42 Å². The Morgan fingerprint density at radius 3 is 2.22 bits per heavy atom. The van der Waals surface area contributed by atoms with E-state index in [0.29, 0.717) is 6.54 Å². The summed E-state index contributed by atoms with van der Waals surface area (Å²) in [6, 6.07) is 21.6. The average molecular weight is 453 g/mol. The third-order valence-corrected chi connectivity index (χ3v) is 7.04. The third-order valence-electron chi connectivity index (χ3n) is 5.24. The molecule has 0 saturated heterocycles. The molecule has 3 rings (SSSR count). The number of nitrogens with one attached hydrogen (secondary N) is 1. The number of aryl methyl sites for hydroxylation is 2. The molecule has 0 radical (unpaired) electrons. The van der Waals surface area contributed by atoms with Crippen LogP contribution in [0.1, 0.15) is 22.3 Å². The lowest BCUT2D eigenvalue weighted by atomic mass is 10.1. The van der Waals surface area contributed by atoms with Gasteiger partial charge in [-0.2, -0.15) is 4.31 Å². The van der Waals surface area contributed by atoms with Gasteiger partial charge in [-0.3, -0.25) is 4.79 Å². The summed E-state index contributed by atoms with van der Waals surface area (Å²) in [6.07, 6.45) is 0. The second-order valence-electron chi connectivity index (χ2n) is 7.64. The number of hydrogen-bond acceptors (Lipinski definition) is 4. The summed E-state index contributed by atoms with van der Waals surface area (Å²) < 4.78 is 33.1. The number of benzene rings is 3. The minimum absolute atomic E-state index is 0.110. The molecular formula is C25H28N2O4S. The van der Waals surface area contributed by atoms with Crippen LogP contribution in [-0.4, -0.2) is 32.3 Å². The number of carbonyl (C=O) groups is 1. The van der Waals surface area contributed by atoms with Gasteiger partial charge in [0.2, 0.25) is 15.9 Å². The molecule has 7 heteroatoms. The monoisotopic (exact) mass is 452 g/mol. The molecule has 1 amide bonds. The highest BCUT2D eigenvalue weighted by Crippen LogP contribution is 2.20. The Kier molecular flexibility index (Phi) is 7.66. The number of amides is 1. The van der Waals surface area contributed by atoms with Crippen LogP contribution in [0.2, 0.25) is 0 Å². The van der Waals surface area contributed by atoms with E-state index in [-0.39, 0.29) is 23.9 Å². The van der Waals surface area contributed by atoms with Crippen molar-refractivity contribution in [1.82, 2.24) is 9.62 Å². The van der Waals surface area contributed by atoms with Crippen molar-refractivity contribution >= 4 is 15.9 Å². The van der Waals surface area contributed by atoms with Crippen molar-refractivity contribution in [3.05, 3.63) is 95.1 Å². The molecule has 0 saturated carbocycles. The van der Waals surface area contributed by atoms with E-state index >= 15 is 0 Å². The Bertz CT molecular complexity index is 1160. The van der Waals surface area contributed by atoms with Crippen molar-refractivity contribution in [3.63, 3.8) is 0 Å². The van der Waals surface area contributed by atoms with Gasteiger partial charge in [-0.1, -0.05) is 54.1 Å². The summed E-state index contributed by atoms with van der Waals surface area (Å²) in [5.41, 5.74) is 3.68. The zero-order valence-electron chi connectivity index (χ0n) is 18.5. The lowest BCUT2D eigenvalue weighted by molar-refractivity contribution is -0.121. The molecule has 0 unspecified atom stereocenters. The van der Waals surface area contributed by atoms with Crippen LogP contribution in [0.3, 0.4) is 0 Å². The molecule has 0 aromatic heterocycles. The molecule has 6 nitrogen and oxygen atoms in total. The smallest absolute Gasteiger partial charge is 0.243 e. The lowest BCUT2D eigenvalue weighted by Crippen LogP contribution is -2.40. The lowest BCUT2D eigenvalue weighted by Gasteiger charge is -2.23. The van der Waals surface area contributed by atoms with E-state index in [4.69, 9.17) is 4.74 Å². The molecule has 1 N–H and O–H groups in total. The number of hydrogen-bond donors (Lipinski definition) is 1. The summed E-state index contributed by atoms with van der Waals surface area (Å²) in [7, 11) is -2.27. The normalized spacial score (nSPS) is 11.4. The van der Waals surface area contributed by atoms with Crippen molar-refractivity contribution in [3.8, 4) is 5.75 Å². The van der Waals surface area contributed by atoms with Crippen LogP contribution < -0.4 is 10.1 Å². The first-order valence-electron chi connectivity index (χ1n) is 10.3. The van der Waals surface area contributed by atoms with Gasteiger partial charge >= 0.3 is 0 Å². The zero-order chi connectivity index (χ0) is 23.1. The molecule has 0 fully saturated rings. The maximum atomic E-state index is 13.4. The van der Waals surface area contributed by atoms with Crippen molar-refractivity contribution in [2.24, 2.45) is 0 Å². The summed E-state index contributed by atoms with van der Waals surface area (Å²) in [5.74, 6) is 0.360. The number of methoxy groups -OCH3 is 1. The fraction of sp³-hybridized carbons (Fsp3) is 0.240. The summed E-state index contributed by atoms with van der Waals surface area (Å²) in [4.78, 5) is 12.9. The fourth-order valence-electron chi connectivity index (χ4n) is 3.22. The predicted octanol–water partition coefficient (Wildman–Crippen LogP) is 3.82. The van der Waals surface area contributed by atoms with Crippen LogP contribution in [0.15, 0.2) is 77.7 Å². The zero-order valence-corrected chi connectivity index (χ0v) is 19.4. The molecule has 0 aliphatic rings. The van der Waals surface area contributed by atoms with Gasteiger partial charge in [0.15, 0.2) is 0 Å². The maximum Gasteiger partial charge on any atom is 0.243 e. The van der Waals surface area contributed by atoms with Gasteiger partial charge in [0.25, 0.3) is 0 Å². The quantitative estimate of drug-likeness (QED) is 0.536. The molecule has 32 heavy (non-hydrogen) atoms. The molecule has 3 aromatic carbocycles. The Labute approximate surface area is 189 Å². The highest BCUT2D eigenvalue weighted by atomic mass is 32.2. The molecule has 0 spiro atoms. The fourth-order valence-corrected chi connectivity index (χ4v) is 4.60. The van der Waals surface area contributed by atoms with E-state index in [1.54, 1.807) is 31.4 Å². The Balaban J connectivity index is 1.79. The first kappa shape index (κ1) is 23.5. The Morgan fingerprint density at radius 2 is 1.59 bits per heavy atom. The highest BCUT2D eigenvalue weighted by Gasteiger charge is 2.27. The highest BCUT2D eigenvalue weighted by molar-refractivity contribution is 7.89. The largest absolute Gasteiger partial charge is 0.497 e. The number of sulfonamides is 1. The molecule has 0 aliphatic carbocycles. The topological polar surface area (TPSA) is 75.7 Å². The number of nitrogens with zero attached hydrogens (tertiary/aromatic N) is 1. The molecular weight excluding hydrogens is 424 g/mol. The second kappa shape index (κ2) is 10.4. The average Bonchev–Trinajstić information content (AvgIpc) is 2.79. The van der Waals surface area contributed by atoms with Gasteiger partial charge in [-0.15, -0.1) is 0 Å². The second-order valence-corrected chi connectivity index (χ2v) is 9.58. The van der Waals surface area contributed by atoms with Crippen LogP contribution in [0.5, 0.6) is 5.75 Å². The van der Waals surface area contributed by atoms with Gasteiger partial charge in [0.1, 0.15) is 5.75 Å². The first-order chi connectivity index (χ1) is 15.3. The van der Waals surface area contributed by atoms with Gasteiger partial charge in [0, 0.05) is 13.1 Å². The number of ether oxygens (including phenoxy) is 1. The van der Waals surface area contributed by atoms with E-state index < -0.39 is 10.0 Å². The summed E-state index contributed by atoms with van der Waals surface area (Å²) in [5, 5.41) is 2.81. The molecule has 168 valence electrons. The molecule has 0 heterocycles. The van der Waals surface area contributed by atoms with Gasteiger partial charge in [-0.05, 0) is 54.8 Å². The van der Waals surface area contributed by atoms with Crippen LogP contribution in [-0.2, 0) is 27.9 Å². The van der Waals surface area contributed by atoms with E-state index in [1.165, 1.54) is 4.31 Å². The minimum atomic E-state index is -3.86. The van der Waals surface area contributed by atoms with Gasteiger partial charge < -0.3 is 10.1 Å². The van der Waals surface area contributed by atoms with Crippen LogP contribution in [0, 0.1) is 13.8 Å². The summed E-state index contributed by atoms with van der Waals surface area (Å²) >= 11 is 0. The van der Waals surface area contributed by atoms with E-state index in [2.05, 4.69) is 5.32 Å². The Hall–Kier alpha value is -3.16. The van der Waals surface area contributed by atoms with E-state index in [9.17, 15) is 13.2 Å². The predicted molar refractivity (Wildman–Crippen MR) is 125 cm³/mol. The molecule has 0 atom stereocenters. The Morgan fingerprint density at radius 1 is 0.938 bits per heavy atom. The van der Waals surface area contributed by atoms with Crippen molar-refractivity contribution in [2.45, 2.75) is 31.8 Å². The summed E-state index contributed by atoms with van der Waals surface area (Å²) in [6.45, 7) is 3.95. The number of rotatable bonds is 9. The van der Waals surface area contributed by atoms with E-state index in [1.807, 2.05) is 62.4 Å². The van der Waals surface area contributed by atoms with E-state index in [0.717, 1.165) is 28.0 Å².